The van der Waals surface area contributed by atoms with Gasteiger partial charge in [0, 0.05) is 24.0 Å². The number of nitrogens with zero attached hydrogens (tertiary/aromatic N) is 1. The number of likely N-dealkylation sites (N-methyl/N-ethyl adjacent to an activating group) is 1. The first kappa shape index (κ1) is 15.4. The predicted molar refractivity (Wildman–Crippen MR) is 85.3 cm³/mol. The highest BCUT2D eigenvalue weighted by atomic mass is 32.1. The number of benzene rings is 1. The monoisotopic (exact) mass is 292 g/mol. The molecule has 2 rings (SSSR count). The third-order valence-electron chi connectivity index (χ3n) is 4.04. The van der Waals surface area contributed by atoms with Crippen molar-refractivity contribution < 1.29 is 4.79 Å². The molecule has 0 radical (unpaired) electrons. The first-order valence-electron chi connectivity index (χ1n) is 7.40. The second kappa shape index (κ2) is 7.70. The van der Waals surface area contributed by atoms with E-state index in [0.717, 1.165) is 29.6 Å². The van der Waals surface area contributed by atoms with Crippen molar-refractivity contribution in [2.75, 3.05) is 20.1 Å². The average molecular weight is 292 g/mol. The summed E-state index contributed by atoms with van der Waals surface area (Å²) in [5.41, 5.74) is 1.03. The topological polar surface area (TPSA) is 32.3 Å². The zero-order valence-electron chi connectivity index (χ0n) is 12.1. The fourth-order valence-electron chi connectivity index (χ4n) is 2.76. The second-order valence-electron chi connectivity index (χ2n) is 5.61. The van der Waals surface area contributed by atoms with Crippen LogP contribution >= 0.6 is 12.6 Å². The van der Waals surface area contributed by atoms with Crippen LogP contribution in [0.15, 0.2) is 29.2 Å². The van der Waals surface area contributed by atoms with E-state index in [4.69, 9.17) is 0 Å². The maximum atomic E-state index is 11.9. The van der Waals surface area contributed by atoms with Crippen molar-refractivity contribution in [3.8, 4) is 0 Å². The zero-order chi connectivity index (χ0) is 14.4. The Hall–Kier alpha value is -1.00. The molecule has 110 valence electrons. The summed E-state index contributed by atoms with van der Waals surface area (Å²) in [4.78, 5) is 15.2. The third kappa shape index (κ3) is 4.84. The van der Waals surface area contributed by atoms with Gasteiger partial charge in [-0.15, -0.1) is 12.6 Å². The van der Waals surface area contributed by atoms with E-state index in [1.807, 2.05) is 24.3 Å². The first-order valence-corrected chi connectivity index (χ1v) is 7.85. The minimum atomic E-state index is 0.0942. The largest absolute Gasteiger partial charge is 0.355 e. The van der Waals surface area contributed by atoms with Crippen LogP contribution in [0.2, 0.25) is 0 Å². The standard InChI is InChI=1S/C16H24N2OS/c1-18(14-4-2-3-5-14)11-10-17-16(19)12-13-6-8-15(20)9-7-13/h6-9,14,20H,2-5,10-12H2,1H3,(H,17,19). The highest BCUT2D eigenvalue weighted by Crippen LogP contribution is 2.21. The fraction of sp³-hybridized carbons (Fsp3) is 0.562. The number of rotatable bonds is 6. The van der Waals surface area contributed by atoms with Gasteiger partial charge in [-0.05, 0) is 37.6 Å². The summed E-state index contributed by atoms with van der Waals surface area (Å²) in [5, 5.41) is 3.00. The number of hydrogen-bond donors (Lipinski definition) is 2. The lowest BCUT2D eigenvalue weighted by atomic mass is 10.1. The number of carbonyl (C=O) groups excluding carboxylic acids is 1. The summed E-state index contributed by atoms with van der Waals surface area (Å²) in [7, 11) is 2.16. The number of nitrogens with one attached hydrogen (secondary N) is 1. The molecule has 1 aliphatic rings. The molecule has 3 nitrogen and oxygen atoms in total. The molecular formula is C16H24N2OS. The molecule has 0 atom stereocenters. The summed E-state index contributed by atoms with van der Waals surface area (Å²) in [6, 6.07) is 8.45. The van der Waals surface area contributed by atoms with Gasteiger partial charge in [0.05, 0.1) is 6.42 Å². The quantitative estimate of drug-likeness (QED) is 0.790. The molecule has 1 aromatic rings. The maximum absolute atomic E-state index is 11.9. The lowest BCUT2D eigenvalue weighted by molar-refractivity contribution is -0.120. The highest BCUT2D eigenvalue weighted by molar-refractivity contribution is 7.80. The Morgan fingerprint density at radius 3 is 2.60 bits per heavy atom. The zero-order valence-corrected chi connectivity index (χ0v) is 13.0. The molecule has 0 aromatic heterocycles. The number of amides is 1. The van der Waals surface area contributed by atoms with Gasteiger partial charge in [-0.1, -0.05) is 25.0 Å². The minimum Gasteiger partial charge on any atom is -0.355 e. The summed E-state index contributed by atoms with van der Waals surface area (Å²) < 4.78 is 0. The van der Waals surface area contributed by atoms with E-state index in [1.165, 1.54) is 25.7 Å². The van der Waals surface area contributed by atoms with E-state index in [9.17, 15) is 4.79 Å². The van der Waals surface area contributed by atoms with Gasteiger partial charge in [0.15, 0.2) is 0 Å². The summed E-state index contributed by atoms with van der Waals surface area (Å²) in [6.45, 7) is 1.67. The fourth-order valence-corrected chi connectivity index (χ4v) is 2.91. The lowest BCUT2D eigenvalue weighted by Crippen LogP contribution is -2.37. The Bertz CT molecular complexity index is 427. The van der Waals surface area contributed by atoms with Crippen molar-refractivity contribution in [3.05, 3.63) is 29.8 Å². The molecule has 1 N–H and O–H groups in total. The molecule has 0 aliphatic heterocycles. The van der Waals surface area contributed by atoms with E-state index >= 15 is 0 Å². The molecule has 0 bridgehead atoms. The SMILES string of the molecule is CN(CCNC(=O)Cc1ccc(S)cc1)C1CCCC1. The number of hydrogen-bond acceptors (Lipinski definition) is 3. The van der Waals surface area contributed by atoms with Crippen molar-refractivity contribution in [2.24, 2.45) is 0 Å². The van der Waals surface area contributed by atoms with Crippen LogP contribution in [0, 0.1) is 0 Å². The second-order valence-corrected chi connectivity index (χ2v) is 6.13. The Morgan fingerprint density at radius 2 is 1.95 bits per heavy atom. The van der Waals surface area contributed by atoms with Crippen LogP contribution in [-0.2, 0) is 11.2 Å². The van der Waals surface area contributed by atoms with Gasteiger partial charge in [-0.3, -0.25) is 4.79 Å². The predicted octanol–water partition coefficient (Wildman–Crippen LogP) is 2.51. The van der Waals surface area contributed by atoms with E-state index in [1.54, 1.807) is 0 Å². The van der Waals surface area contributed by atoms with Crippen LogP contribution in [0.1, 0.15) is 31.2 Å². The van der Waals surface area contributed by atoms with E-state index in [-0.39, 0.29) is 5.91 Å². The van der Waals surface area contributed by atoms with Crippen molar-refractivity contribution in [1.29, 1.82) is 0 Å². The van der Waals surface area contributed by atoms with Gasteiger partial charge in [0.1, 0.15) is 0 Å². The first-order chi connectivity index (χ1) is 9.65. The van der Waals surface area contributed by atoms with Gasteiger partial charge >= 0.3 is 0 Å². The Kier molecular flexibility index (Phi) is 5.92. The number of thiol groups is 1. The molecule has 1 fully saturated rings. The van der Waals surface area contributed by atoms with Crippen LogP contribution in [0.4, 0.5) is 0 Å². The minimum absolute atomic E-state index is 0.0942. The van der Waals surface area contributed by atoms with Crippen molar-refractivity contribution in [2.45, 2.75) is 43.0 Å². The van der Waals surface area contributed by atoms with Gasteiger partial charge in [0.25, 0.3) is 0 Å². The van der Waals surface area contributed by atoms with Crippen LogP contribution in [-0.4, -0.2) is 37.0 Å². The normalized spacial score (nSPS) is 15.8. The van der Waals surface area contributed by atoms with Gasteiger partial charge in [-0.25, -0.2) is 0 Å². The van der Waals surface area contributed by atoms with Crippen molar-refractivity contribution in [1.82, 2.24) is 10.2 Å². The molecule has 0 heterocycles. The molecule has 20 heavy (non-hydrogen) atoms. The molecule has 0 saturated heterocycles. The third-order valence-corrected chi connectivity index (χ3v) is 4.33. The molecule has 4 heteroatoms. The van der Waals surface area contributed by atoms with Gasteiger partial charge in [0.2, 0.25) is 5.91 Å². The number of carbonyl (C=O) groups is 1. The molecule has 0 unspecified atom stereocenters. The summed E-state index contributed by atoms with van der Waals surface area (Å²) in [6.07, 6.45) is 5.76. The van der Waals surface area contributed by atoms with Crippen molar-refractivity contribution >= 4 is 18.5 Å². The summed E-state index contributed by atoms with van der Waals surface area (Å²) in [5.74, 6) is 0.0942. The van der Waals surface area contributed by atoms with Gasteiger partial charge in [-0.2, -0.15) is 0 Å². The Balaban J connectivity index is 1.65. The van der Waals surface area contributed by atoms with Gasteiger partial charge < -0.3 is 10.2 Å². The smallest absolute Gasteiger partial charge is 0.224 e. The lowest BCUT2D eigenvalue weighted by Gasteiger charge is -2.23. The average Bonchev–Trinajstić information content (AvgIpc) is 2.95. The van der Waals surface area contributed by atoms with Crippen LogP contribution in [0.25, 0.3) is 0 Å². The van der Waals surface area contributed by atoms with Crippen LogP contribution < -0.4 is 5.32 Å². The van der Waals surface area contributed by atoms with Crippen molar-refractivity contribution in [3.63, 3.8) is 0 Å². The van der Waals surface area contributed by atoms with Crippen LogP contribution in [0.5, 0.6) is 0 Å². The summed E-state index contributed by atoms with van der Waals surface area (Å²) >= 11 is 4.24. The molecule has 1 aromatic carbocycles. The van der Waals surface area contributed by atoms with Crippen LogP contribution in [0.3, 0.4) is 0 Å². The molecule has 1 aliphatic carbocycles. The molecule has 0 spiro atoms. The molecular weight excluding hydrogens is 268 g/mol. The Labute approximate surface area is 127 Å². The molecule has 1 saturated carbocycles. The Morgan fingerprint density at radius 1 is 1.30 bits per heavy atom. The van der Waals surface area contributed by atoms with E-state index in [2.05, 4.69) is 29.9 Å². The molecule has 1 amide bonds. The highest BCUT2D eigenvalue weighted by Gasteiger charge is 2.18. The maximum Gasteiger partial charge on any atom is 0.224 e. The van der Waals surface area contributed by atoms with E-state index in [0.29, 0.717) is 6.42 Å². The van der Waals surface area contributed by atoms with E-state index < -0.39 is 0 Å².